The summed E-state index contributed by atoms with van der Waals surface area (Å²) in [5.41, 5.74) is 2.15. The summed E-state index contributed by atoms with van der Waals surface area (Å²) in [4.78, 5) is 4.42. The van der Waals surface area contributed by atoms with Crippen LogP contribution in [0.5, 0.6) is 0 Å². The largest absolute Gasteiger partial charge is 0.383 e. The Hall–Kier alpha value is -1.72. The molecular weight excluding hydrogens is 242 g/mol. The summed E-state index contributed by atoms with van der Waals surface area (Å²) < 4.78 is 10.4. The average molecular weight is 261 g/mol. The Balaban J connectivity index is 2.10. The van der Waals surface area contributed by atoms with Crippen LogP contribution in [0.25, 0.3) is 11.4 Å². The van der Waals surface area contributed by atoms with E-state index in [2.05, 4.69) is 15.5 Å². The minimum atomic E-state index is 0.177. The monoisotopic (exact) mass is 261 g/mol. The Labute approximate surface area is 113 Å². The molecule has 0 aliphatic heterocycles. The van der Waals surface area contributed by atoms with Crippen LogP contribution >= 0.6 is 0 Å². The van der Waals surface area contributed by atoms with Gasteiger partial charge >= 0.3 is 0 Å². The van der Waals surface area contributed by atoms with Crippen molar-refractivity contribution in [3.8, 4) is 11.4 Å². The molecule has 0 fully saturated rings. The zero-order valence-corrected chi connectivity index (χ0v) is 11.5. The number of methoxy groups -OCH3 is 1. The molecule has 5 nitrogen and oxygen atoms in total. The molecule has 0 aliphatic carbocycles. The summed E-state index contributed by atoms with van der Waals surface area (Å²) in [7, 11) is 3.57. The lowest BCUT2D eigenvalue weighted by Crippen LogP contribution is -2.32. The molecule has 0 saturated heterocycles. The van der Waals surface area contributed by atoms with Crippen LogP contribution in [0.2, 0.25) is 0 Å². The van der Waals surface area contributed by atoms with Crippen molar-refractivity contribution < 1.29 is 9.26 Å². The molecule has 2 rings (SSSR count). The Morgan fingerprint density at radius 2 is 2.26 bits per heavy atom. The molecule has 0 amide bonds. The number of nitrogens with zero attached hydrogens (tertiary/aromatic N) is 2. The van der Waals surface area contributed by atoms with Crippen LogP contribution in [0.15, 0.2) is 28.8 Å². The van der Waals surface area contributed by atoms with Crippen LogP contribution < -0.4 is 5.32 Å². The van der Waals surface area contributed by atoms with E-state index in [0.29, 0.717) is 24.7 Å². The predicted molar refractivity (Wildman–Crippen MR) is 72.9 cm³/mol. The van der Waals surface area contributed by atoms with Crippen molar-refractivity contribution in [2.24, 2.45) is 0 Å². The number of nitrogens with one attached hydrogen (secondary N) is 1. The second-order valence-electron chi connectivity index (χ2n) is 4.53. The van der Waals surface area contributed by atoms with Crippen LogP contribution in [0.4, 0.5) is 0 Å². The van der Waals surface area contributed by atoms with E-state index in [1.165, 1.54) is 5.56 Å². The first-order chi connectivity index (χ1) is 9.22. The Morgan fingerprint density at radius 3 is 2.95 bits per heavy atom. The number of ether oxygens (including phenoxy) is 1. The van der Waals surface area contributed by atoms with Crippen LogP contribution in [0.1, 0.15) is 11.5 Å². The fourth-order valence-electron chi connectivity index (χ4n) is 1.90. The van der Waals surface area contributed by atoms with Crippen molar-refractivity contribution in [3.63, 3.8) is 0 Å². The van der Waals surface area contributed by atoms with E-state index in [0.717, 1.165) is 5.56 Å². The van der Waals surface area contributed by atoms with Gasteiger partial charge in [-0.05, 0) is 20.0 Å². The zero-order valence-electron chi connectivity index (χ0n) is 11.5. The third-order valence-electron chi connectivity index (χ3n) is 2.94. The predicted octanol–water partition coefficient (Wildman–Crippen LogP) is 1.82. The molecule has 0 aliphatic rings. The third-order valence-corrected chi connectivity index (χ3v) is 2.94. The van der Waals surface area contributed by atoms with E-state index in [1.54, 1.807) is 7.11 Å². The van der Waals surface area contributed by atoms with Crippen molar-refractivity contribution in [1.82, 2.24) is 15.5 Å². The molecule has 19 heavy (non-hydrogen) atoms. The molecule has 1 N–H and O–H groups in total. The first-order valence-electron chi connectivity index (χ1n) is 6.28. The van der Waals surface area contributed by atoms with Crippen LogP contribution in [0, 0.1) is 6.92 Å². The number of aromatic nitrogens is 2. The van der Waals surface area contributed by atoms with E-state index in [4.69, 9.17) is 9.26 Å². The number of hydrogen-bond acceptors (Lipinski definition) is 5. The average Bonchev–Trinajstić information content (AvgIpc) is 2.87. The molecule has 1 atom stereocenters. The van der Waals surface area contributed by atoms with Crippen molar-refractivity contribution >= 4 is 0 Å². The fraction of sp³-hybridized carbons (Fsp3) is 0.429. The molecule has 0 bridgehead atoms. The maximum Gasteiger partial charge on any atom is 0.228 e. The highest BCUT2D eigenvalue weighted by atomic mass is 16.5. The van der Waals surface area contributed by atoms with Gasteiger partial charge in [-0.2, -0.15) is 4.98 Å². The molecular formula is C14H19N3O2. The number of benzene rings is 1. The van der Waals surface area contributed by atoms with Gasteiger partial charge in [0.15, 0.2) is 0 Å². The summed E-state index contributed by atoms with van der Waals surface area (Å²) in [6, 6.07) is 8.23. The molecule has 1 unspecified atom stereocenters. The molecule has 2 aromatic rings. The summed E-state index contributed by atoms with van der Waals surface area (Å²) in [6.07, 6.45) is 0.656. The number of rotatable bonds is 6. The van der Waals surface area contributed by atoms with Gasteiger partial charge in [0, 0.05) is 25.1 Å². The third kappa shape index (κ3) is 3.62. The van der Waals surface area contributed by atoms with Gasteiger partial charge in [0.1, 0.15) is 0 Å². The number of likely N-dealkylation sites (N-methyl/N-ethyl adjacent to an activating group) is 1. The summed E-state index contributed by atoms with van der Waals surface area (Å²) in [5.74, 6) is 1.25. The molecule has 1 aromatic heterocycles. The lowest BCUT2D eigenvalue weighted by molar-refractivity contribution is 0.165. The van der Waals surface area contributed by atoms with Crippen LogP contribution in [0.3, 0.4) is 0 Å². The Kier molecular flexibility index (Phi) is 4.65. The first kappa shape index (κ1) is 13.7. The SMILES string of the molecule is CNC(COC)Cc1nc(-c2cccc(C)c2)no1. The highest BCUT2D eigenvalue weighted by Gasteiger charge is 2.13. The topological polar surface area (TPSA) is 60.2 Å². The number of aryl methyl sites for hydroxylation is 1. The molecule has 1 aromatic carbocycles. The molecule has 1 heterocycles. The molecule has 0 spiro atoms. The smallest absolute Gasteiger partial charge is 0.228 e. The van der Waals surface area contributed by atoms with E-state index >= 15 is 0 Å². The minimum Gasteiger partial charge on any atom is -0.383 e. The lowest BCUT2D eigenvalue weighted by atomic mass is 10.1. The van der Waals surface area contributed by atoms with Gasteiger partial charge in [-0.1, -0.05) is 28.9 Å². The maximum atomic E-state index is 5.28. The summed E-state index contributed by atoms with van der Waals surface area (Å²) in [6.45, 7) is 2.65. The van der Waals surface area contributed by atoms with Crippen molar-refractivity contribution in [2.45, 2.75) is 19.4 Å². The van der Waals surface area contributed by atoms with E-state index in [1.807, 2.05) is 38.2 Å². The van der Waals surface area contributed by atoms with Crippen molar-refractivity contribution in [1.29, 1.82) is 0 Å². The summed E-state index contributed by atoms with van der Waals surface area (Å²) in [5, 5.41) is 7.18. The quantitative estimate of drug-likeness (QED) is 0.859. The normalized spacial score (nSPS) is 12.6. The van der Waals surface area contributed by atoms with Gasteiger partial charge in [0.05, 0.1) is 6.61 Å². The molecule has 0 saturated carbocycles. The first-order valence-corrected chi connectivity index (χ1v) is 6.28. The van der Waals surface area contributed by atoms with Gasteiger partial charge < -0.3 is 14.6 Å². The van der Waals surface area contributed by atoms with E-state index in [9.17, 15) is 0 Å². The zero-order chi connectivity index (χ0) is 13.7. The Morgan fingerprint density at radius 1 is 1.42 bits per heavy atom. The van der Waals surface area contributed by atoms with E-state index in [-0.39, 0.29) is 6.04 Å². The van der Waals surface area contributed by atoms with E-state index < -0.39 is 0 Å². The van der Waals surface area contributed by atoms with Crippen molar-refractivity contribution in [3.05, 3.63) is 35.7 Å². The van der Waals surface area contributed by atoms with Crippen LogP contribution in [-0.2, 0) is 11.2 Å². The fourth-order valence-corrected chi connectivity index (χ4v) is 1.90. The minimum absolute atomic E-state index is 0.177. The van der Waals surface area contributed by atoms with Crippen molar-refractivity contribution in [2.75, 3.05) is 20.8 Å². The second kappa shape index (κ2) is 6.45. The van der Waals surface area contributed by atoms with Gasteiger partial charge in [-0.15, -0.1) is 0 Å². The second-order valence-corrected chi connectivity index (χ2v) is 4.53. The molecule has 5 heteroatoms. The lowest BCUT2D eigenvalue weighted by Gasteiger charge is -2.11. The highest BCUT2D eigenvalue weighted by molar-refractivity contribution is 5.55. The molecule has 102 valence electrons. The highest BCUT2D eigenvalue weighted by Crippen LogP contribution is 2.17. The number of hydrogen-bond donors (Lipinski definition) is 1. The van der Waals surface area contributed by atoms with Gasteiger partial charge in [0.25, 0.3) is 0 Å². The van der Waals surface area contributed by atoms with Crippen LogP contribution in [-0.4, -0.2) is 36.9 Å². The van der Waals surface area contributed by atoms with Gasteiger partial charge in [-0.3, -0.25) is 0 Å². The standard InChI is InChI=1S/C14H19N3O2/c1-10-5-4-6-11(7-10)14-16-13(19-17-14)8-12(15-2)9-18-3/h4-7,12,15H,8-9H2,1-3H3. The summed E-state index contributed by atoms with van der Waals surface area (Å²) >= 11 is 0. The maximum absolute atomic E-state index is 5.28. The van der Waals surface area contributed by atoms with Gasteiger partial charge in [0.2, 0.25) is 11.7 Å². The Bertz CT molecular complexity index is 525. The van der Waals surface area contributed by atoms with Gasteiger partial charge in [-0.25, -0.2) is 0 Å². The molecule has 0 radical (unpaired) electrons.